The van der Waals surface area contributed by atoms with Gasteiger partial charge in [-0.3, -0.25) is 4.79 Å². The maximum Gasteiger partial charge on any atom is 0.266 e. The monoisotopic (exact) mass is 392 g/mol. The van der Waals surface area contributed by atoms with E-state index in [1.165, 1.54) is 37.0 Å². The molecule has 1 aliphatic carbocycles. The van der Waals surface area contributed by atoms with Crippen LogP contribution >= 0.6 is 11.3 Å². The van der Waals surface area contributed by atoms with Gasteiger partial charge in [0.1, 0.15) is 10.7 Å². The Morgan fingerprint density at radius 1 is 1.14 bits per heavy atom. The summed E-state index contributed by atoms with van der Waals surface area (Å²) in [6.07, 6.45) is 4.77. The minimum Gasteiger partial charge on any atom is -0.370 e. The van der Waals surface area contributed by atoms with Gasteiger partial charge in [-0.1, -0.05) is 12.1 Å². The molecule has 28 heavy (non-hydrogen) atoms. The van der Waals surface area contributed by atoms with Crippen molar-refractivity contribution in [3.8, 4) is 0 Å². The zero-order chi connectivity index (χ0) is 19.3. The fraction of sp³-hybridized carbons (Fsp3) is 0.409. The Balaban J connectivity index is 1.48. The maximum absolute atomic E-state index is 13.1. The van der Waals surface area contributed by atoms with E-state index in [0.717, 1.165) is 56.6 Å². The van der Waals surface area contributed by atoms with Crippen LogP contribution in [0.25, 0.3) is 10.2 Å². The second-order valence-corrected chi connectivity index (χ2v) is 8.84. The maximum atomic E-state index is 13.1. The third-order valence-corrected chi connectivity index (χ3v) is 6.92. The number of aryl methyl sites for hydroxylation is 2. The van der Waals surface area contributed by atoms with Gasteiger partial charge in [0, 0.05) is 24.4 Å². The number of para-hydroxylation sites is 2. The lowest BCUT2D eigenvalue weighted by atomic mass is 10.1. The van der Waals surface area contributed by atoms with Crippen LogP contribution in [0.1, 0.15) is 58.4 Å². The van der Waals surface area contributed by atoms with Crippen molar-refractivity contribution in [3.05, 3.63) is 46.2 Å². The Morgan fingerprint density at radius 3 is 2.64 bits per heavy atom. The number of amides is 1. The second kappa shape index (κ2) is 6.85. The Bertz CT molecular complexity index is 1060. The number of nitrogens with zero attached hydrogens (tertiary/aromatic N) is 3. The number of rotatable bonds is 4. The van der Waals surface area contributed by atoms with Crippen LogP contribution in [0.3, 0.4) is 0 Å². The molecule has 5 nitrogen and oxygen atoms in total. The van der Waals surface area contributed by atoms with Crippen LogP contribution < -0.4 is 10.2 Å². The summed E-state index contributed by atoms with van der Waals surface area (Å²) in [5, 5.41) is 4.19. The minimum atomic E-state index is -0.0560. The number of hydrogen-bond acceptors (Lipinski definition) is 5. The molecule has 1 saturated carbocycles. The topological polar surface area (TPSA) is 58.1 Å². The van der Waals surface area contributed by atoms with E-state index < -0.39 is 0 Å². The standard InChI is InChI=1S/C22H24N4OS/c1-13-18-14(2)23-20(15-9-10-15)25-22(18)28-19(13)21(27)24-16-7-3-4-8-17(16)26-11-5-6-12-26/h3-4,7-8,15H,5-6,9-12H2,1-2H3,(H,24,27). The van der Waals surface area contributed by atoms with Gasteiger partial charge in [0.25, 0.3) is 5.91 Å². The fourth-order valence-electron chi connectivity index (χ4n) is 4.09. The van der Waals surface area contributed by atoms with Crippen LogP contribution in [0, 0.1) is 13.8 Å². The number of anilines is 2. The average Bonchev–Trinajstić information content (AvgIpc) is 3.28. The predicted molar refractivity (Wildman–Crippen MR) is 115 cm³/mol. The third kappa shape index (κ3) is 3.05. The molecule has 2 fully saturated rings. The lowest BCUT2D eigenvalue weighted by Gasteiger charge is -2.21. The number of hydrogen-bond donors (Lipinski definition) is 1. The van der Waals surface area contributed by atoms with Crippen LogP contribution in [0.5, 0.6) is 0 Å². The van der Waals surface area contributed by atoms with Crippen molar-refractivity contribution in [2.75, 3.05) is 23.3 Å². The molecule has 6 heteroatoms. The van der Waals surface area contributed by atoms with E-state index >= 15 is 0 Å². The summed E-state index contributed by atoms with van der Waals surface area (Å²) in [7, 11) is 0. The number of thiophene rings is 1. The van der Waals surface area contributed by atoms with Crippen molar-refractivity contribution in [1.82, 2.24) is 9.97 Å². The van der Waals surface area contributed by atoms with Gasteiger partial charge >= 0.3 is 0 Å². The van der Waals surface area contributed by atoms with Gasteiger partial charge in [-0.25, -0.2) is 9.97 Å². The molecule has 0 unspecified atom stereocenters. The molecule has 0 bridgehead atoms. The lowest BCUT2D eigenvalue weighted by Crippen LogP contribution is -2.21. The van der Waals surface area contributed by atoms with Gasteiger partial charge in [-0.15, -0.1) is 11.3 Å². The molecule has 1 aromatic carbocycles. The first kappa shape index (κ1) is 17.6. The molecule has 1 aliphatic heterocycles. The molecule has 0 radical (unpaired) electrons. The largest absolute Gasteiger partial charge is 0.370 e. The predicted octanol–water partition coefficient (Wildman–Crippen LogP) is 5.04. The number of fused-ring (bicyclic) bond motifs is 1. The summed E-state index contributed by atoms with van der Waals surface area (Å²) in [6, 6.07) is 8.09. The molecular formula is C22H24N4OS. The fourth-order valence-corrected chi connectivity index (χ4v) is 5.23. The highest BCUT2D eigenvalue weighted by Gasteiger charge is 2.28. The number of carbonyl (C=O) groups excluding carboxylic acids is 1. The first-order valence-electron chi connectivity index (χ1n) is 10.0. The van der Waals surface area contributed by atoms with Gasteiger partial charge in [0.15, 0.2) is 0 Å². The summed E-state index contributed by atoms with van der Waals surface area (Å²) in [5.41, 5.74) is 3.96. The Hall–Kier alpha value is -2.47. The van der Waals surface area contributed by atoms with E-state index in [2.05, 4.69) is 16.3 Å². The first-order valence-corrected chi connectivity index (χ1v) is 10.9. The van der Waals surface area contributed by atoms with Crippen LogP contribution in [0.4, 0.5) is 11.4 Å². The molecule has 3 aromatic rings. The van der Waals surface area contributed by atoms with E-state index in [1.54, 1.807) is 0 Å². The third-order valence-electron chi connectivity index (χ3n) is 5.74. The van der Waals surface area contributed by atoms with E-state index in [1.807, 2.05) is 32.0 Å². The number of benzene rings is 1. The molecule has 1 amide bonds. The molecular weight excluding hydrogens is 368 g/mol. The quantitative estimate of drug-likeness (QED) is 0.676. The SMILES string of the molecule is Cc1nc(C2CC2)nc2sc(C(=O)Nc3ccccc3N3CCCC3)c(C)c12. The molecule has 2 aliphatic rings. The van der Waals surface area contributed by atoms with Gasteiger partial charge in [-0.2, -0.15) is 0 Å². The molecule has 5 rings (SSSR count). The van der Waals surface area contributed by atoms with Gasteiger partial charge in [0.05, 0.1) is 21.9 Å². The van der Waals surface area contributed by atoms with Crippen molar-refractivity contribution < 1.29 is 4.79 Å². The van der Waals surface area contributed by atoms with Gasteiger partial charge < -0.3 is 10.2 Å². The Kier molecular flexibility index (Phi) is 4.31. The van der Waals surface area contributed by atoms with E-state index in [4.69, 9.17) is 9.97 Å². The summed E-state index contributed by atoms with van der Waals surface area (Å²) in [4.78, 5) is 26.6. The highest BCUT2D eigenvalue weighted by Crippen LogP contribution is 2.40. The van der Waals surface area contributed by atoms with E-state index in [0.29, 0.717) is 5.92 Å². The summed E-state index contributed by atoms with van der Waals surface area (Å²) in [6.45, 7) is 6.13. The Morgan fingerprint density at radius 2 is 1.89 bits per heavy atom. The molecule has 1 N–H and O–H groups in total. The molecule has 3 heterocycles. The van der Waals surface area contributed by atoms with Crippen LogP contribution in [0.2, 0.25) is 0 Å². The average molecular weight is 393 g/mol. The highest BCUT2D eigenvalue weighted by molar-refractivity contribution is 7.20. The van der Waals surface area contributed by atoms with E-state index in [-0.39, 0.29) is 5.91 Å². The second-order valence-electron chi connectivity index (χ2n) is 7.84. The van der Waals surface area contributed by atoms with Gasteiger partial charge in [-0.05, 0) is 57.2 Å². The van der Waals surface area contributed by atoms with Crippen molar-refractivity contribution in [1.29, 1.82) is 0 Å². The van der Waals surface area contributed by atoms with Crippen LogP contribution in [0.15, 0.2) is 24.3 Å². The summed E-state index contributed by atoms with van der Waals surface area (Å²) < 4.78 is 0. The van der Waals surface area contributed by atoms with E-state index in [9.17, 15) is 4.79 Å². The Labute approximate surface area is 168 Å². The number of nitrogens with one attached hydrogen (secondary N) is 1. The number of carbonyl (C=O) groups is 1. The van der Waals surface area contributed by atoms with Gasteiger partial charge in [0.2, 0.25) is 0 Å². The van der Waals surface area contributed by atoms with Crippen molar-refractivity contribution >= 4 is 38.8 Å². The number of aromatic nitrogens is 2. The molecule has 144 valence electrons. The molecule has 0 spiro atoms. The molecule has 2 aromatic heterocycles. The zero-order valence-corrected chi connectivity index (χ0v) is 17.1. The zero-order valence-electron chi connectivity index (χ0n) is 16.3. The van der Waals surface area contributed by atoms with Crippen molar-refractivity contribution in [2.24, 2.45) is 0 Å². The summed E-state index contributed by atoms with van der Waals surface area (Å²) in [5.74, 6) is 1.40. The van der Waals surface area contributed by atoms with Crippen molar-refractivity contribution in [3.63, 3.8) is 0 Å². The molecule has 1 saturated heterocycles. The van der Waals surface area contributed by atoms with Crippen molar-refractivity contribution in [2.45, 2.75) is 45.4 Å². The minimum absolute atomic E-state index is 0.0560. The normalized spacial score (nSPS) is 16.7. The lowest BCUT2D eigenvalue weighted by molar-refractivity contribution is 0.103. The smallest absolute Gasteiger partial charge is 0.266 e. The highest BCUT2D eigenvalue weighted by atomic mass is 32.1. The molecule has 0 atom stereocenters. The first-order chi connectivity index (χ1) is 13.6. The van der Waals surface area contributed by atoms with Crippen LogP contribution in [-0.2, 0) is 0 Å². The summed E-state index contributed by atoms with van der Waals surface area (Å²) >= 11 is 1.49. The van der Waals surface area contributed by atoms with Crippen LogP contribution in [-0.4, -0.2) is 29.0 Å².